The number of rotatable bonds is 12. The molecule has 164 valence electrons. The second-order valence-electron chi connectivity index (χ2n) is 7.69. The van der Waals surface area contributed by atoms with Crippen LogP contribution in [0.5, 0.6) is 0 Å². The molecular weight excluding hydrogens is 410 g/mol. The normalized spacial score (nSPS) is 20.2. The lowest BCUT2D eigenvalue weighted by Crippen LogP contribution is -2.43. The third-order valence-corrected chi connectivity index (χ3v) is 7.16. The Morgan fingerprint density at radius 2 is 1.83 bits per heavy atom. The van der Waals surface area contributed by atoms with Gasteiger partial charge in [-0.15, -0.1) is 6.58 Å². The third kappa shape index (κ3) is 8.26. The number of unbranched alkanes of at least 4 members (excludes halogenated alkanes) is 1. The summed E-state index contributed by atoms with van der Waals surface area (Å²) >= 11 is 5.86. The summed E-state index contributed by atoms with van der Waals surface area (Å²) in [4.78, 5) is 2.24. The zero-order valence-electron chi connectivity index (χ0n) is 17.5. The van der Waals surface area contributed by atoms with Gasteiger partial charge in [0.05, 0.1) is 6.10 Å². The van der Waals surface area contributed by atoms with Crippen molar-refractivity contribution >= 4 is 27.5 Å². The molecule has 1 aromatic carbocycles. The Bertz CT molecular complexity index is 719. The van der Waals surface area contributed by atoms with Gasteiger partial charge in [-0.05, 0) is 76.4 Å². The highest BCUT2D eigenvalue weighted by molar-refractivity contribution is 7.90. The summed E-state index contributed by atoms with van der Waals surface area (Å²) in [7, 11) is 0.143. The topological polar surface area (TPSA) is 61.9 Å². The van der Waals surface area contributed by atoms with Crippen LogP contribution in [0.3, 0.4) is 0 Å². The molecule has 0 bridgehead atoms. The Morgan fingerprint density at radius 1 is 1.17 bits per heavy atom. The van der Waals surface area contributed by atoms with Crippen molar-refractivity contribution in [3.8, 4) is 0 Å². The number of nitrogens with zero attached hydrogens (tertiary/aromatic N) is 2. The van der Waals surface area contributed by atoms with Crippen molar-refractivity contribution in [1.29, 1.82) is 0 Å². The quantitative estimate of drug-likeness (QED) is 0.389. The highest BCUT2D eigenvalue weighted by Crippen LogP contribution is 2.27. The molecule has 0 saturated heterocycles. The standard InChI is InChI=1S/C21H34ClN3O3S/c1-4-15-24(2)16-5-6-17-28-21-13-11-20(12-14-21)25(3)29(26,27)23-19-9-7-18(22)8-10-19/h4,7-10,20-21,23H,1,5-6,11-17H2,2-3H3. The average molecular weight is 444 g/mol. The summed E-state index contributed by atoms with van der Waals surface area (Å²) in [6, 6.07) is 6.65. The molecule has 1 aromatic rings. The summed E-state index contributed by atoms with van der Waals surface area (Å²) in [5, 5.41) is 0.573. The fourth-order valence-corrected chi connectivity index (χ4v) is 4.86. The summed E-state index contributed by atoms with van der Waals surface area (Å²) in [5.74, 6) is 0. The van der Waals surface area contributed by atoms with E-state index in [2.05, 4.69) is 23.2 Å². The molecule has 8 heteroatoms. The van der Waals surface area contributed by atoms with Crippen LogP contribution in [0.25, 0.3) is 0 Å². The number of nitrogens with one attached hydrogen (secondary N) is 1. The van der Waals surface area contributed by atoms with E-state index in [0.717, 1.165) is 58.2 Å². The van der Waals surface area contributed by atoms with Crippen LogP contribution in [0.1, 0.15) is 38.5 Å². The number of benzene rings is 1. The Hall–Kier alpha value is -1.12. The van der Waals surface area contributed by atoms with E-state index in [0.29, 0.717) is 10.7 Å². The third-order valence-electron chi connectivity index (χ3n) is 5.36. The zero-order valence-corrected chi connectivity index (χ0v) is 19.1. The summed E-state index contributed by atoms with van der Waals surface area (Å²) < 4.78 is 35.4. The van der Waals surface area contributed by atoms with E-state index >= 15 is 0 Å². The van der Waals surface area contributed by atoms with Crippen LogP contribution in [-0.4, -0.2) is 63.6 Å². The van der Waals surface area contributed by atoms with Gasteiger partial charge in [-0.2, -0.15) is 12.7 Å². The minimum absolute atomic E-state index is 0.00722. The van der Waals surface area contributed by atoms with Crippen LogP contribution in [-0.2, 0) is 14.9 Å². The minimum Gasteiger partial charge on any atom is -0.378 e. The van der Waals surface area contributed by atoms with Crippen LogP contribution in [0.4, 0.5) is 5.69 Å². The first-order valence-electron chi connectivity index (χ1n) is 10.2. The highest BCUT2D eigenvalue weighted by Gasteiger charge is 2.30. The van der Waals surface area contributed by atoms with Crippen molar-refractivity contribution in [1.82, 2.24) is 9.21 Å². The Labute approximate surface area is 181 Å². The molecule has 0 unspecified atom stereocenters. The van der Waals surface area contributed by atoms with E-state index in [4.69, 9.17) is 16.3 Å². The maximum atomic E-state index is 12.7. The Kier molecular flexibility index (Phi) is 9.92. The van der Waals surface area contributed by atoms with Gasteiger partial charge in [-0.3, -0.25) is 4.72 Å². The second-order valence-corrected chi connectivity index (χ2v) is 9.86. The van der Waals surface area contributed by atoms with Crippen molar-refractivity contribution < 1.29 is 13.2 Å². The van der Waals surface area contributed by atoms with E-state index in [1.807, 2.05) is 6.08 Å². The average Bonchev–Trinajstić information content (AvgIpc) is 2.69. The van der Waals surface area contributed by atoms with Crippen molar-refractivity contribution in [3.05, 3.63) is 41.9 Å². The molecule has 0 atom stereocenters. The lowest BCUT2D eigenvalue weighted by Gasteiger charge is -2.34. The van der Waals surface area contributed by atoms with Gasteiger partial charge in [0.25, 0.3) is 0 Å². The molecule has 0 aromatic heterocycles. The van der Waals surface area contributed by atoms with Crippen molar-refractivity contribution in [2.75, 3.05) is 38.5 Å². The van der Waals surface area contributed by atoms with Gasteiger partial charge in [-0.1, -0.05) is 17.7 Å². The largest absolute Gasteiger partial charge is 0.378 e. The Morgan fingerprint density at radius 3 is 2.45 bits per heavy atom. The first-order chi connectivity index (χ1) is 13.8. The molecule has 1 aliphatic rings. The molecule has 2 rings (SSSR count). The second kappa shape index (κ2) is 11.9. The maximum absolute atomic E-state index is 12.7. The van der Waals surface area contributed by atoms with E-state index in [1.165, 1.54) is 4.31 Å². The minimum atomic E-state index is -3.59. The first kappa shape index (κ1) is 24.2. The van der Waals surface area contributed by atoms with Gasteiger partial charge in [-0.25, -0.2) is 0 Å². The fraction of sp³-hybridized carbons (Fsp3) is 0.619. The van der Waals surface area contributed by atoms with E-state index < -0.39 is 10.2 Å². The van der Waals surface area contributed by atoms with Crippen LogP contribution in [0.2, 0.25) is 5.02 Å². The molecule has 0 heterocycles. The monoisotopic (exact) mass is 443 g/mol. The van der Waals surface area contributed by atoms with Gasteiger partial charge in [0.2, 0.25) is 0 Å². The number of hydrogen-bond donors (Lipinski definition) is 1. The smallest absolute Gasteiger partial charge is 0.301 e. The van der Waals surface area contributed by atoms with Crippen LogP contribution < -0.4 is 4.72 Å². The van der Waals surface area contributed by atoms with Crippen molar-refractivity contribution in [2.24, 2.45) is 0 Å². The summed E-state index contributed by atoms with van der Waals surface area (Å²) in [5.41, 5.74) is 0.511. The number of ether oxygens (including phenoxy) is 1. The predicted octanol–water partition coefficient (Wildman–Crippen LogP) is 4.15. The summed E-state index contributed by atoms with van der Waals surface area (Å²) in [6.07, 6.45) is 7.70. The highest BCUT2D eigenvalue weighted by atomic mass is 35.5. The lowest BCUT2D eigenvalue weighted by molar-refractivity contribution is 0.0153. The van der Waals surface area contributed by atoms with E-state index in [-0.39, 0.29) is 12.1 Å². The molecule has 29 heavy (non-hydrogen) atoms. The molecule has 1 N–H and O–H groups in total. The fourth-order valence-electron chi connectivity index (χ4n) is 3.56. The van der Waals surface area contributed by atoms with Crippen LogP contribution in [0.15, 0.2) is 36.9 Å². The molecular formula is C21H34ClN3O3S. The number of anilines is 1. The molecule has 1 saturated carbocycles. The SMILES string of the molecule is C=CCN(C)CCCCOC1CCC(N(C)S(=O)(=O)Nc2ccc(Cl)cc2)CC1. The predicted molar refractivity (Wildman–Crippen MR) is 121 cm³/mol. The van der Waals surface area contributed by atoms with Gasteiger partial charge in [0.1, 0.15) is 0 Å². The molecule has 1 fully saturated rings. The van der Waals surface area contributed by atoms with Crippen LogP contribution >= 0.6 is 11.6 Å². The molecule has 0 radical (unpaired) electrons. The Balaban J connectivity index is 1.69. The molecule has 0 spiro atoms. The maximum Gasteiger partial charge on any atom is 0.301 e. The molecule has 1 aliphatic carbocycles. The van der Waals surface area contributed by atoms with Gasteiger partial charge in [0.15, 0.2) is 0 Å². The molecule has 0 amide bonds. The lowest BCUT2D eigenvalue weighted by atomic mass is 9.93. The van der Waals surface area contributed by atoms with Gasteiger partial charge >= 0.3 is 10.2 Å². The van der Waals surface area contributed by atoms with E-state index in [9.17, 15) is 8.42 Å². The van der Waals surface area contributed by atoms with E-state index in [1.54, 1.807) is 31.3 Å². The van der Waals surface area contributed by atoms with Crippen LogP contribution in [0, 0.1) is 0 Å². The number of hydrogen-bond acceptors (Lipinski definition) is 4. The van der Waals surface area contributed by atoms with Gasteiger partial charge in [0, 0.05) is 37.0 Å². The number of likely N-dealkylation sites (N-methyl/N-ethyl adjacent to an activating group) is 1. The zero-order chi connectivity index (χ0) is 21.3. The summed E-state index contributed by atoms with van der Waals surface area (Å²) in [6.45, 7) is 6.47. The van der Waals surface area contributed by atoms with Crippen molar-refractivity contribution in [2.45, 2.75) is 50.7 Å². The molecule has 6 nitrogen and oxygen atoms in total. The molecule has 0 aliphatic heterocycles. The van der Waals surface area contributed by atoms with Gasteiger partial charge < -0.3 is 9.64 Å². The van der Waals surface area contributed by atoms with Crippen molar-refractivity contribution in [3.63, 3.8) is 0 Å². The first-order valence-corrected chi connectivity index (χ1v) is 12.1. The number of halogens is 1.